The number of primary amides is 1. The average Bonchev–Trinajstić information content (AvgIpc) is 1.67. The molecule has 3 aromatic heterocycles. The number of fused-ring (bicyclic) bond motifs is 3. The molecule has 99 heavy (non-hydrogen) atoms. The predicted octanol–water partition coefficient (Wildman–Crippen LogP) is 4.60. The maximum atomic E-state index is 15.1. The van der Waals surface area contributed by atoms with Crippen LogP contribution in [-0.4, -0.2) is 191 Å². The van der Waals surface area contributed by atoms with E-state index >= 15 is 4.79 Å². The Kier molecular flexibility index (Phi) is 24.9. The minimum Gasteiger partial charge on any atom is -0.480 e. The van der Waals surface area contributed by atoms with Gasteiger partial charge in [-0.05, 0) is 80.0 Å². The normalized spacial score (nSPS) is 17.6. The number of hydrogen-bond acceptors (Lipinski definition) is 18. The van der Waals surface area contributed by atoms with E-state index in [1.165, 1.54) is 57.3 Å². The van der Waals surface area contributed by atoms with Crippen LogP contribution < -0.4 is 42.4 Å². The molecule has 1 unspecified atom stereocenters. The van der Waals surface area contributed by atoms with Gasteiger partial charge in [0.05, 0.1) is 75.7 Å². The van der Waals surface area contributed by atoms with Gasteiger partial charge in [-0.25, -0.2) is 10.1 Å². The zero-order chi connectivity index (χ0) is 70.0. The van der Waals surface area contributed by atoms with E-state index < -0.39 is 103 Å². The first-order chi connectivity index (χ1) is 47.9. The summed E-state index contributed by atoms with van der Waals surface area (Å²) in [6.07, 6.45) is 6.59. The number of benzene rings is 4. The SMILES string of the molecule is NC(=O)CC[C@@H](NC(=O)[C@H]1CC[C@H]2CCN(C(=O)NCCOCCOCCOCCN(C(=O)[C@@H]3CCCN(c4cncc5ccccc45)C3)c3ccc(=O)n(CC(=O)O)c3)C[C@@H](NC(=O)c3cc4cc(C(=O)[PH](=O)OO)ccc4[nH]3)C(=O)N21)C(=O)NC(c1ccccc1)c1ccccc1. The molecule has 0 bridgehead atoms. The van der Waals surface area contributed by atoms with Gasteiger partial charge in [-0.2, -0.15) is 4.67 Å². The molecule has 9 N–H and O–H groups in total. The van der Waals surface area contributed by atoms with Crippen molar-refractivity contribution in [2.75, 3.05) is 88.7 Å². The van der Waals surface area contributed by atoms with Crippen LogP contribution in [-0.2, 0) is 58.8 Å². The molecule has 3 fully saturated rings. The second-order valence-electron chi connectivity index (χ2n) is 24.2. The second-order valence-corrected chi connectivity index (χ2v) is 25.5. The Balaban J connectivity index is 0.735. The van der Waals surface area contributed by atoms with Crippen molar-refractivity contribution in [2.45, 2.75) is 81.7 Å². The van der Waals surface area contributed by atoms with Crippen molar-refractivity contribution in [2.24, 2.45) is 11.7 Å². The lowest BCUT2D eigenvalue weighted by Gasteiger charge is -2.39. The molecular weight excluding hydrogens is 1300 g/mol. The fourth-order valence-corrected chi connectivity index (χ4v) is 13.2. The number of nitrogens with one attached hydrogen (secondary N) is 5. The Morgan fingerprint density at radius 3 is 2.18 bits per heavy atom. The van der Waals surface area contributed by atoms with Gasteiger partial charge in [0.2, 0.25) is 35.1 Å². The highest BCUT2D eigenvalue weighted by atomic mass is 31.1. The van der Waals surface area contributed by atoms with Crippen molar-refractivity contribution in [3.05, 3.63) is 173 Å². The Morgan fingerprint density at radius 2 is 1.46 bits per heavy atom. The lowest BCUT2D eigenvalue weighted by atomic mass is 9.95. The first-order valence-corrected chi connectivity index (χ1v) is 34.0. The number of anilines is 2. The van der Waals surface area contributed by atoms with E-state index in [1.807, 2.05) is 84.9 Å². The molecular formula is C69H79N12O17P. The van der Waals surface area contributed by atoms with Crippen molar-refractivity contribution >= 4 is 94.0 Å². The van der Waals surface area contributed by atoms with Crippen LogP contribution in [0.2, 0.25) is 0 Å². The van der Waals surface area contributed by atoms with Crippen LogP contribution >= 0.6 is 8.03 Å². The lowest BCUT2D eigenvalue weighted by Crippen LogP contribution is -2.62. The highest BCUT2D eigenvalue weighted by Gasteiger charge is 2.46. The summed E-state index contributed by atoms with van der Waals surface area (Å²) in [5.41, 5.74) is 7.10. The first kappa shape index (κ1) is 71.6. The van der Waals surface area contributed by atoms with E-state index in [-0.39, 0.29) is 109 Å². The summed E-state index contributed by atoms with van der Waals surface area (Å²) >= 11 is 0. The summed E-state index contributed by atoms with van der Waals surface area (Å²) < 4.78 is 34.2. The van der Waals surface area contributed by atoms with E-state index in [9.17, 15) is 52.8 Å². The topological polar surface area (TPSA) is 386 Å². The van der Waals surface area contributed by atoms with Crippen LogP contribution in [0.4, 0.5) is 16.2 Å². The number of rotatable bonds is 31. The van der Waals surface area contributed by atoms with Gasteiger partial charge in [0.1, 0.15) is 30.4 Å². The molecule has 0 radical (unpaired) electrons. The number of pyridine rings is 2. The number of carbonyl (C=O) groups excluding carboxylic acids is 8. The number of nitrogens with zero attached hydrogens (tertiary/aromatic N) is 6. The van der Waals surface area contributed by atoms with Crippen LogP contribution in [0.25, 0.3) is 21.7 Å². The van der Waals surface area contributed by atoms with Gasteiger partial charge in [0, 0.05) is 90.9 Å². The number of carbonyl (C=O) groups is 9. The van der Waals surface area contributed by atoms with Crippen molar-refractivity contribution in [3.8, 4) is 0 Å². The number of piperidine rings is 1. The Bertz CT molecular complexity index is 4100. The Hall–Kier alpha value is -10.2. The molecule has 522 valence electrons. The number of aromatic nitrogens is 3. The quantitative estimate of drug-likeness (QED) is 0.0127. The Morgan fingerprint density at radius 1 is 0.758 bits per heavy atom. The van der Waals surface area contributed by atoms with Gasteiger partial charge in [0.15, 0.2) is 0 Å². The van der Waals surface area contributed by atoms with Gasteiger partial charge in [0.25, 0.3) is 19.5 Å². The molecule has 3 aliphatic rings. The van der Waals surface area contributed by atoms with Gasteiger partial charge >= 0.3 is 12.0 Å². The zero-order valence-corrected chi connectivity index (χ0v) is 55.2. The summed E-state index contributed by atoms with van der Waals surface area (Å²) in [6, 6.07) is 28.8. The molecule has 0 saturated carbocycles. The minimum absolute atomic E-state index is 0.0321. The third kappa shape index (κ3) is 18.5. The molecule has 10 rings (SSSR count). The molecule has 4 aromatic carbocycles. The largest absolute Gasteiger partial charge is 0.480 e. The van der Waals surface area contributed by atoms with Gasteiger partial charge in [-0.15, -0.1) is 0 Å². The number of aromatic amines is 1. The number of H-pyrrole nitrogens is 1. The Labute approximate surface area is 569 Å². The van der Waals surface area contributed by atoms with Crippen LogP contribution in [0.3, 0.4) is 0 Å². The summed E-state index contributed by atoms with van der Waals surface area (Å²) in [5, 5.41) is 32.1. The van der Waals surface area contributed by atoms with E-state index in [0.717, 1.165) is 45.1 Å². The molecule has 6 heterocycles. The third-order valence-corrected chi connectivity index (χ3v) is 18.5. The first-order valence-electron chi connectivity index (χ1n) is 32.7. The molecule has 0 aliphatic carbocycles. The number of carboxylic acid groups (broad SMARTS) is 1. The number of ether oxygens (including phenoxy) is 3. The molecule has 29 nitrogen and oxygen atoms in total. The number of aliphatic carboxylic acids is 1. The average molecular weight is 1380 g/mol. The van der Waals surface area contributed by atoms with E-state index in [4.69, 9.17) is 25.2 Å². The predicted molar refractivity (Wildman–Crippen MR) is 363 cm³/mol. The molecule has 6 atom stereocenters. The monoisotopic (exact) mass is 1380 g/mol. The molecule has 3 aliphatic heterocycles. The van der Waals surface area contributed by atoms with Gasteiger partial charge in [-0.3, -0.25) is 52.7 Å². The van der Waals surface area contributed by atoms with Crippen molar-refractivity contribution in [3.63, 3.8) is 0 Å². The van der Waals surface area contributed by atoms with Crippen molar-refractivity contribution < 1.29 is 77.0 Å². The fourth-order valence-electron chi connectivity index (χ4n) is 12.8. The van der Waals surface area contributed by atoms with Crippen LogP contribution in [0, 0.1) is 5.92 Å². The highest BCUT2D eigenvalue weighted by molar-refractivity contribution is 7.59. The smallest absolute Gasteiger partial charge is 0.323 e. The summed E-state index contributed by atoms with van der Waals surface area (Å²) in [4.78, 5) is 150. The number of nitrogens with two attached hydrogens (primary N) is 1. The number of hydrogen-bond donors (Lipinski definition) is 8. The maximum Gasteiger partial charge on any atom is 0.323 e. The van der Waals surface area contributed by atoms with E-state index in [1.54, 1.807) is 12.4 Å². The third-order valence-electron chi connectivity index (χ3n) is 17.7. The van der Waals surface area contributed by atoms with Crippen LogP contribution in [0.1, 0.15) is 83.0 Å². The number of amides is 8. The lowest BCUT2D eigenvalue weighted by molar-refractivity contribution is -0.143. The van der Waals surface area contributed by atoms with Gasteiger partial charge < -0.3 is 75.5 Å². The fraction of sp³-hybridized carbons (Fsp3) is 0.377. The zero-order valence-electron chi connectivity index (χ0n) is 54.2. The molecule has 0 spiro atoms. The summed E-state index contributed by atoms with van der Waals surface area (Å²) in [6.45, 7) is 1.15. The van der Waals surface area contributed by atoms with Crippen molar-refractivity contribution in [1.29, 1.82) is 0 Å². The number of urea groups is 1. The van der Waals surface area contributed by atoms with Crippen LogP contribution in [0.15, 0.2) is 145 Å². The molecule has 30 heteroatoms. The second kappa shape index (κ2) is 34.4. The van der Waals surface area contributed by atoms with E-state index in [2.05, 4.69) is 40.8 Å². The van der Waals surface area contributed by atoms with Crippen molar-refractivity contribution in [1.82, 2.24) is 45.6 Å². The highest BCUT2D eigenvalue weighted by Crippen LogP contribution is 2.34. The van der Waals surface area contributed by atoms with Gasteiger partial charge in [-0.1, -0.05) is 84.9 Å². The van der Waals surface area contributed by atoms with E-state index in [0.29, 0.717) is 36.0 Å². The molecule has 3 saturated heterocycles. The van der Waals surface area contributed by atoms with Crippen LogP contribution in [0.5, 0.6) is 0 Å². The molecule has 8 amide bonds. The summed E-state index contributed by atoms with van der Waals surface area (Å²) in [7, 11) is -3.49. The minimum atomic E-state index is -3.49. The molecule has 7 aromatic rings. The number of carboxylic acids is 1. The maximum absolute atomic E-state index is 15.1. The standard InChI is InChI=1S/C69H79N12O17P/c70-59(82)23-21-54(63(86)76-62(44-10-3-1-4-11-44)45-12-5-2-6-13-45)74-65(88)57-22-18-50-25-28-78(42-56(67(90)81(50)57)75-64(87)55-37-49-36-46(17-20-53(49)73-55)68(91)99(94)98-93)69(92)72-26-30-95-32-34-97-35-33-96-31-29-80(51-19-24-60(83)79(41-51)43-61(84)85)66(89)48-15-9-27-77(40-48)58-39-71-38-47-14-7-8-16-52(47)58/h1-8,10-14,16-17,19-20,24,36-39,41,48,50,54,56-57,62,73,93,99H,9,15,18,21-23,25-35,40,42-43H2,(H2,70,82)(H,72,92)(H,74,88)(H,75,87)(H,76,86)(H,84,85)/t48-,50+,54-,56-,57-/m1/s1. The summed E-state index contributed by atoms with van der Waals surface area (Å²) in [5.74, 6) is -5.34.